The van der Waals surface area contributed by atoms with Crippen molar-refractivity contribution in [2.45, 2.75) is 24.6 Å². The van der Waals surface area contributed by atoms with E-state index >= 15 is 0 Å². The van der Waals surface area contributed by atoms with Crippen LogP contribution in [0.2, 0.25) is 0 Å². The van der Waals surface area contributed by atoms with Crippen LogP contribution >= 0.6 is 11.8 Å². The van der Waals surface area contributed by atoms with Gasteiger partial charge >= 0.3 is 0 Å². The summed E-state index contributed by atoms with van der Waals surface area (Å²) in [6.45, 7) is 2.93. The fourth-order valence-electron chi connectivity index (χ4n) is 1.53. The molecule has 1 aromatic carbocycles. The van der Waals surface area contributed by atoms with Crippen LogP contribution in [-0.4, -0.2) is 23.3 Å². The summed E-state index contributed by atoms with van der Waals surface area (Å²) in [4.78, 5) is 4.36. The summed E-state index contributed by atoms with van der Waals surface area (Å²) in [6.07, 6.45) is 1.02. The SMILES string of the molecule is CCCNC(C#N)CSc1nc2ccccc2o1. The number of hydrogen-bond acceptors (Lipinski definition) is 5. The maximum absolute atomic E-state index is 8.99. The molecule has 0 radical (unpaired) electrons. The number of rotatable bonds is 6. The Kier molecular flexibility index (Phi) is 4.62. The Balaban J connectivity index is 1.95. The third-order valence-electron chi connectivity index (χ3n) is 2.44. The highest BCUT2D eigenvalue weighted by atomic mass is 32.2. The number of aromatic nitrogens is 1. The number of nitrogens with zero attached hydrogens (tertiary/aromatic N) is 2. The zero-order valence-electron chi connectivity index (χ0n) is 10.2. The molecule has 2 rings (SSSR count). The van der Waals surface area contributed by atoms with Gasteiger partial charge < -0.3 is 9.73 Å². The molecule has 1 aromatic heterocycles. The average molecular weight is 261 g/mol. The van der Waals surface area contributed by atoms with Gasteiger partial charge in [-0.1, -0.05) is 30.8 Å². The van der Waals surface area contributed by atoms with Gasteiger partial charge in [-0.15, -0.1) is 0 Å². The first-order chi connectivity index (χ1) is 8.83. The van der Waals surface area contributed by atoms with E-state index in [2.05, 4.69) is 23.3 Å². The summed E-state index contributed by atoms with van der Waals surface area (Å²) in [6, 6.07) is 9.74. The van der Waals surface area contributed by atoms with Crippen molar-refractivity contribution >= 4 is 22.9 Å². The van der Waals surface area contributed by atoms with Crippen LogP contribution in [0.5, 0.6) is 0 Å². The van der Waals surface area contributed by atoms with Gasteiger partial charge in [-0.3, -0.25) is 0 Å². The predicted molar refractivity (Wildman–Crippen MR) is 72.4 cm³/mol. The molecule has 1 N–H and O–H groups in total. The molecule has 0 amide bonds. The molecule has 0 spiro atoms. The average Bonchev–Trinajstić information content (AvgIpc) is 2.81. The van der Waals surface area contributed by atoms with Crippen LogP contribution in [0.25, 0.3) is 11.1 Å². The van der Waals surface area contributed by atoms with E-state index in [9.17, 15) is 0 Å². The van der Waals surface area contributed by atoms with Crippen molar-refractivity contribution in [3.05, 3.63) is 24.3 Å². The molecular formula is C13H15N3OS. The lowest BCUT2D eigenvalue weighted by Gasteiger charge is -2.07. The highest BCUT2D eigenvalue weighted by Crippen LogP contribution is 2.23. The van der Waals surface area contributed by atoms with Crippen molar-refractivity contribution < 1.29 is 4.42 Å². The first kappa shape index (κ1) is 12.9. The zero-order chi connectivity index (χ0) is 12.8. The van der Waals surface area contributed by atoms with Crippen LogP contribution in [0.1, 0.15) is 13.3 Å². The van der Waals surface area contributed by atoms with E-state index in [0.29, 0.717) is 11.0 Å². The van der Waals surface area contributed by atoms with Crippen LogP contribution in [-0.2, 0) is 0 Å². The molecule has 0 aliphatic heterocycles. The van der Waals surface area contributed by atoms with Gasteiger partial charge in [-0.25, -0.2) is 4.98 Å². The molecule has 0 saturated heterocycles. The van der Waals surface area contributed by atoms with E-state index in [4.69, 9.17) is 9.68 Å². The lowest BCUT2D eigenvalue weighted by molar-refractivity contribution is 0.488. The van der Waals surface area contributed by atoms with E-state index in [1.54, 1.807) is 0 Å². The van der Waals surface area contributed by atoms with Crippen molar-refractivity contribution in [2.75, 3.05) is 12.3 Å². The van der Waals surface area contributed by atoms with Crippen molar-refractivity contribution in [1.29, 1.82) is 5.26 Å². The number of benzene rings is 1. The van der Waals surface area contributed by atoms with Crippen LogP contribution < -0.4 is 5.32 Å². The lowest BCUT2D eigenvalue weighted by atomic mass is 10.3. The van der Waals surface area contributed by atoms with Crippen LogP contribution in [0, 0.1) is 11.3 Å². The van der Waals surface area contributed by atoms with Crippen LogP contribution in [0.3, 0.4) is 0 Å². The third kappa shape index (κ3) is 3.25. The Labute approximate surface area is 110 Å². The largest absolute Gasteiger partial charge is 0.431 e. The van der Waals surface area contributed by atoms with Crippen molar-refractivity contribution in [1.82, 2.24) is 10.3 Å². The summed E-state index contributed by atoms with van der Waals surface area (Å²) in [5.74, 6) is 0.642. The molecule has 0 aliphatic rings. The number of nitriles is 1. The normalized spacial score (nSPS) is 12.4. The molecule has 18 heavy (non-hydrogen) atoms. The zero-order valence-corrected chi connectivity index (χ0v) is 11.0. The second kappa shape index (κ2) is 6.43. The van der Waals surface area contributed by atoms with Crippen LogP contribution in [0.4, 0.5) is 0 Å². The number of nitrogens with one attached hydrogen (secondary N) is 1. The van der Waals surface area contributed by atoms with E-state index < -0.39 is 0 Å². The molecular weight excluding hydrogens is 246 g/mol. The fourth-order valence-corrected chi connectivity index (χ4v) is 2.34. The second-order valence-corrected chi connectivity index (χ2v) is 4.87. The summed E-state index contributed by atoms with van der Waals surface area (Å²) in [5, 5.41) is 12.8. The minimum Gasteiger partial charge on any atom is -0.431 e. The number of hydrogen-bond donors (Lipinski definition) is 1. The fraction of sp³-hybridized carbons (Fsp3) is 0.385. The minimum absolute atomic E-state index is 0.162. The Bertz CT molecular complexity index is 513. The van der Waals surface area contributed by atoms with Gasteiger partial charge in [0.15, 0.2) is 5.58 Å². The van der Waals surface area contributed by atoms with Crippen molar-refractivity contribution in [3.63, 3.8) is 0 Å². The number of thioether (sulfide) groups is 1. The van der Waals surface area contributed by atoms with Gasteiger partial charge in [-0.2, -0.15) is 5.26 Å². The molecule has 1 atom stereocenters. The summed E-state index contributed by atoms with van der Waals surface area (Å²) in [5.41, 5.74) is 1.64. The van der Waals surface area contributed by atoms with Gasteiger partial charge in [-0.05, 0) is 25.1 Å². The quantitative estimate of drug-likeness (QED) is 0.810. The first-order valence-electron chi connectivity index (χ1n) is 5.95. The first-order valence-corrected chi connectivity index (χ1v) is 6.93. The van der Waals surface area contributed by atoms with E-state index in [-0.39, 0.29) is 6.04 Å². The van der Waals surface area contributed by atoms with Crippen LogP contribution in [0.15, 0.2) is 33.9 Å². The molecule has 94 valence electrons. The minimum atomic E-state index is -0.162. The Morgan fingerprint density at radius 2 is 2.33 bits per heavy atom. The third-order valence-corrected chi connectivity index (χ3v) is 3.37. The Morgan fingerprint density at radius 1 is 1.50 bits per heavy atom. The van der Waals surface area contributed by atoms with Gasteiger partial charge in [0.1, 0.15) is 11.6 Å². The summed E-state index contributed by atoms with van der Waals surface area (Å²) < 4.78 is 5.58. The van der Waals surface area contributed by atoms with Gasteiger partial charge in [0, 0.05) is 5.75 Å². The molecule has 1 heterocycles. The molecule has 0 fully saturated rings. The highest BCUT2D eigenvalue weighted by molar-refractivity contribution is 7.99. The predicted octanol–water partition coefficient (Wildman–Crippen LogP) is 2.81. The second-order valence-electron chi connectivity index (χ2n) is 3.89. The van der Waals surface area contributed by atoms with Gasteiger partial charge in [0.05, 0.1) is 6.07 Å². The standard InChI is InChI=1S/C13H15N3OS/c1-2-7-15-10(8-14)9-18-13-16-11-5-3-4-6-12(11)17-13/h3-6,10,15H,2,7,9H2,1H3. The Hall–Kier alpha value is -1.51. The molecule has 4 nitrogen and oxygen atoms in total. The molecule has 2 aromatic rings. The van der Waals surface area contributed by atoms with Crippen molar-refractivity contribution in [3.8, 4) is 6.07 Å². The topological polar surface area (TPSA) is 61.9 Å². The number of fused-ring (bicyclic) bond motifs is 1. The van der Waals surface area contributed by atoms with E-state index in [1.807, 2.05) is 24.3 Å². The van der Waals surface area contributed by atoms with Gasteiger partial charge in [0.25, 0.3) is 5.22 Å². The van der Waals surface area contributed by atoms with E-state index in [0.717, 1.165) is 24.1 Å². The lowest BCUT2D eigenvalue weighted by Crippen LogP contribution is -2.30. The van der Waals surface area contributed by atoms with Crippen molar-refractivity contribution in [2.24, 2.45) is 0 Å². The van der Waals surface area contributed by atoms with E-state index in [1.165, 1.54) is 11.8 Å². The number of oxazole rings is 1. The highest BCUT2D eigenvalue weighted by Gasteiger charge is 2.10. The maximum atomic E-state index is 8.99. The molecule has 0 aliphatic carbocycles. The summed E-state index contributed by atoms with van der Waals surface area (Å²) in [7, 11) is 0. The molecule has 0 bridgehead atoms. The number of para-hydroxylation sites is 2. The smallest absolute Gasteiger partial charge is 0.256 e. The molecule has 0 saturated carbocycles. The maximum Gasteiger partial charge on any atom is 0.256 e. The Morgan fingerprint density at radius 3 is 3.06 bits per heavy atom. The monoisotopic (exact) mass is 261 g/mol. The summed E-state index contributed by atoms with van der Waals surface area (Å²) >= 11 is 1.47. The molecule has 5 heteroatoms. The van der Waals surface area contributed by atoms with Gasteiger partial charge in [0.2, 0.25) is 0 Å². The molecule has 1 unspecified atom stereocenters.